The van der Waals surface area contributed by atoms with Gasteiger partial charge in [0.05, 0.1) is 0 Å². The maximum atomic E-state index is 11.9. The van der Waals surface area contributed by atoms with Crippen LogP contribution in [0.15, 0.2) is 48.8 Å². The average Bonchev–Trinajstić information content (AvgIpc) is 2.78. The minimum Gasteiger partial charge on any atom is -0.355 e. The van der Waals surface area contributed by atoms with Crippen molar-refractivity contribution in [1.29, 1.82) is 0 Å². The molecule has 6 nitrogen and oxygen atoms in total. The predicted molar refractivity (Wildman–Crippen MR) is 132 cm³/mol. The standard InChI is InChI=1S/C24H34N4O2S2/c1-21-9-3-5-15-27(21)17-7-11-23(29)25-13-19-31-32-20-14-26-24(30)12-8-18-28-16-6-4-10-22(28)2/h3-6,9-10,15-16H,7-8,11-14,17-20H2,1-2H3/p+2. The second-order valence-electron chi connectivity index (χ2n) is 7.62. The zero-order valence-corrected chi connectivity index (χ0v) is 20.9. The van der Waals surface area contributed by atoms with Gasteiger partial charge in [-0.25, -0.2) is 9.13 Å². The fourth-order valence-electron chi connectivity index (χ4n) is 3.20. The van der Waals surface area contributed by atoms with Crippen LogP contribution in [-0.4, -0.2) is 36.4 Å². The van der Waals surface area contributed by atoms with Crippen LogP contribution in [0.5, 0.6) is 0 Å². The smallest absolute Gasteiger partial charge is 0.220 e. The maximum absolute atomic E-state index is 11.9. The van der Waals surface area contributed by atoms with Gasteiger partial charge in [0.25, 0.3) is 0 Å². The summed E-state index contributed by atoms with van der Waals surface area (Å²) in [6.07, 6.45) is 6.88. The molecule has 0 fully saturated rings. The molecule has 2 amide bonds. The predicted octanol–water partition coefficient (Wildman–Crippen LogP) is 2.75. The summed E-state index contributed by atoms with van der Waals surface area (Å²) in [5, 5.41) is 5.96. The van der Waals surface area contributed by atoms with Gasteiger partial charge in [-0.05, 0) is 0 Å². The molecule has 0 saturated carbocycles. The first-order valence-corrected chi connectivity index (χ1v) is 13.7. The molecule has 2 aromatic rings. The molecule has 2 heterocycles. The van der Waals surface area contributed by atoms with Gasteiger partial charge in [-0.3, -0.25) is 9.59 Å². The molecule has 2 aromatic heterocycles. The number of nitrogens with one attached hydrogen (secondary N) is 2. The number of hydrogen-bond acceptors (Lipinski definition) is 4. The van der Waals surface area contributed by atoms with Gasteiger partial charge >= 0.3 is 0 Å². The van der Waals surface area contributed by atoms with Crippen LogP contribution < -0.4 is 19.8 Å². The first kappa shape index (κ1) is 26.2. The van der Waals surface area contributed by atoms with Crippen LogP contribution in [0.1, 0.15) is 37.1 Å². The number of rotatable bonds is 15. The molecule has 0 saturated heterocycles. The number of aromatic nitrogens is 2. The number of carbonyl (C=O) groups is 2. The van der Waals surface area contributed by atoms with Crippen molar-refractivity contribution in [3.05, 3.63) is 60.2 Å². The lowest BCUT2D eigenvalue weighted by atomic mass is 10.2. The Balaban J connectivity index is 1.39. The van der Waals surface area contributed by atoms with Crippen LogP contribution >= 0.6 is 21.6 Å². The van der Waals surface area contributed by atoms with Gasteiger partial charge in [-0.15, -0.1) is 0 Å². The summed E-state index contributed by atoms with van der Waals surface area (Å²) in [6.45, 7) is 7.23. The lowest BCUT2D eigenvalue weighted by Crippen LogP contribution is -2.37. The van der Waals surface area contributed by atoms with Gasteiger partial charge in [0.1, 0.15) is 13.1 Å². The van der Waals surface area contributed by atoms with Gasteiger partial charge < -0.3 is 10.6 Å². The van der Waals surface area contributed by atoms with E-state index >= 15 is 0 Å². The van der Waals surface area contributed by atoms with E-state index in [-0.39, 0.29) is 11.8 Å². The van der Waals surface area contributed by atoms with Crippen LogP contribution in [-0.2, 0) is 22.7 Å². The first-order chi connectivity index (χ1) is 15.6. The van der Waals surface area contributed by atoms with E-state index in [0.29, 0.717) is 25.9 Å². The third kappa shape index (κ3) is 11.0. The van der Waals surface area contributed by atoms with Crippen molar-refractivity contribution in [3.8, 4) is 0 Å². The third-order valence-corrected chi connectivity index (χ3v) is 7.45. The van der Waals surface area contributed by atoms with Crippen LogP contribution in [0.4, 0.5) is 0 Å². The Morgan fingerprint density at radius 3 is 1.59 bits per heavy atom. The quantitative estimate of drug-likeness (QED) is 0.236. The molecular formula is C24H36N4O2S2+2. The van der Waals surface area contributed by atoms with Gasteiger partial charge in [-0.1, -0.05) is 33.7 Å². The largest absolute Gasteiger partial charge is 0.355 e. The second kappa shape index (κ2) is 15.7. The summed E-state index contributed by atoms with van der Waals surface area (Å²) < 4.78 is 4.34. The van der Waals surface area contributed by atoms with E-state index in [2.05, 4.69) is 45.7 Å². The highest BCUT2D eigenvalue weighted by molar-refractivity contribution is 8.76. The fourth-order valence-corrected chi connectivity index (χ4v) is 5.02. The molecule has 8 heteroatoms. The Morgan fingerprint density at radius 2 is 1.19 bits per heavy atom. The Morgan fingerprint density at radius 1 is 0.750 bits per heavy atom. The van der Waals surface area contributed by atoms with Crippen LogP contribution in [0.2, 0.25) is 0 Å². The molecule has 0 bridgehead atoms. The lowest BCUT2D eigenvalue weighted by Gasteiger charge is -2.06. The molecular weight excluding hydrogens is 440 g/mol. The van der Waals surface area contributed by atoms with Crippen molar-refractivity contribution >= 4 is 33.4 Å². The molecule has 0 atom stereocenters. The number of amides is 2. The lowest BCUT2D eigenvalue weighted by molar-refractivity contribution is -0.703. The molecule has 2 rings (SSSR count). The van der Waals surface area contributed by atoms with Gasteiger partial charge in [0.2, 0.25) is 11.8 Å². The number of carbonyl (C=O) groups excluding carboxylic acids is 2. The van der Waals surface area contributed by atoms with E-state index in [4.69, 9.17) is 0 Å². The third-order valence-electron chi connectivity index (χ3n) is 5.04. The molecule has 2 N–H and O–H groups in total. The second-order valence-corrected chi connectivity index (χ2v) is 10.3. The summed E-state index contributed by atoms with van der Waals surface area (Å²) in [7, 11) is 3.46. The minimum atomic E-state index is 0.112. The number of nitrogens with zero attached hydrogens (tertiary/aromatic N) is 2. The van der Waals surface area contributed by atoms with E-state index < -0.39 is 0 Å². The van der Waals surface area contributed by atoms with Crippen LogP contribution in [0.25, 0.3) is 0 Å². The monoisotopic (exact) mass is 476 g/mol. The average molecular weight is 477 g/mol. The molecule has 0 aromatic carbocycles. The molecule has 32 heavy (non-hydrogen) atoms. The highest BCUT2D eigenvalue weighted by Crippen LogP contribution is 2.19. The Kier molecular flexibility index (Phi) is 12.8. The molecule has 0 radical (unpaired) electrons. The SMILES string of the molecule is Cc1cccc[n+]1CCCC(=O)NCCSSCCNC(=O)CCC[n+]1ccccc1C. The highest BCUT2D eigenvalue weighted by Gasteiger charge is 2.08. The summed E-state index contributed by atoms with van der Waals surface area (Å²) in [4.78, 5) is 23.9. The summed E-state index contributed by atoms with van der Waals surface area (Å²) in [6, 6.07) is 12.2. The molecule has 0 aliphatic heterocycles. The summed E-state index contributed by atoms with van der Waals surface area (Å²) in [5.41, 5.74) is 2.41. The van der Waals surface area contributed by atoms with Crippen molar-refractivity contribution in [2.24, 2.45) is 0 Å². The topological polar surface area (TPSA) is 66.0 Å². The van der Waals surface area contributed by atoms with E-state index in [0.717, 1.165) is 37.4 Å². The van der Waals surface area contributed by atoms with Crippen molar-refractivity contribution in [2.75, 3.05) is 24.6 Å². The fraction of sp³-hybridized carbons (Fsp3) is 0.500. The summed E-state index contributed by atoms with van der Waals surface area (Å²) in [5.74, 6) is 1.96. The van der Waals surface area contributed by atoms with Crippen LogP contribution in [0.3, 0.4) is 0 Å². The molecule has 0 spiro atoms. The zero-order chi connectivity index (χ0) is 23.0. The number of pyridine rings is 2. The Hall–Kier alpha value is -2.06. The van der Waals surface area contributed by atoms with Crippen molar-refractivity contribution < 1.29 is 18.7 Å². The zero-order valence-electron chi connectivity index (χ0n) is 19.2. The van der Waals surface area contributed by atoms with E-state index in [1.807, 2.05) is 36.7 Å². The Labute approximate surface area is 200 Å². The van der Waals surface area contributed by atoms with Crippen molar-refractivity contribution in [3.63, 3.8) is 0 Å². The normalized spacial score (nSPS) is 10.7. The van der Waals surface area contributed by atoms with Gasteiger partial charge in [-0.2, -0.15) is 0 Å². The van der Waals surface area contributed by atoms with Crippen molar-refractivity contribution in [2.45, 2.75) is 52.6 Å². The molecule has 174 valence electrons. The summed E-state index contributed by atoms with van der Waals surface area (Å²) >= 11 is 0. The van der Waals surface area contributed by atoms with Crippen LogP contribution in [0, 0.1) is 13.8 Å². The first-order valence-electron chi connectivity index (χ1n) is 11.2. The number of hydrogen-bond donors (Lipinski definition) is 2. The molecule has 0 aliphatic carbocycles. The van der Waals surface area contributed by atoms with Gasteiger partial charge in [0, 0.05) is 88.4 Å². The van der Waals surface area contributed by atoms with E-state index in [1.54, 1.807) is 21.6 Å². The minimum absolute atomic E-state index is 0.112. The molecule has 0 aliphatic rings. The van der Waals surface area contributed by atoms with Gasteiger partial charge in [0.15, 0.2) is 23.8 Å². The molecule has 0 unspecified atom stereocenters. The highest BCUT2D eigenvalue weighted by atomic mass is 33.1. The van der Waals surface area contributed by atoms with E-state index in [1.165, 1.54) is 11.4 Å². The Bertz CT molecular complexity index is 779. The van der Waals surface area contributed by atoms with Crippen molar-refractivity contribution in [1.82, 2.24) is 10.6 Å². The number of aryl methyl sites for hydroxylation is 4. The maximum Gasteiger partial charge on any atom is 0.220 e. The van der Waals surface area contributed by atoms with E-state index in [9.17, 15) is 9.59 Å².